The predicted octanol–water partition coefficient (Wildman–Crippen LogP) is 3.38. The number of rotatable bonds is 6. The van der Waals surface area contributed by atoms with Gasteiger partial charge in [0.2, 0.25) is 5.89 Å². The van der Waals surface area contributed by atoms with Crippen LogP contribution in [0.1, 0.15) is 38.0 Å². The number of halogens is 1. The lowest BCUT2D eigenvalue weighted by atomic mass is 9.97. The molecule has 0 radical (unpaired) electrons. The number of hydrogen-bond acceptors (Lipinski definition) is 5. The third-order valence-corrected chi connectivity index (χ3v) is 3.87. The molecule has 1 N–H and O–H groups in total. The van der Waals surface area contributed by atoms with Crippen molar-refractivity contribution in [2.45, 2.75) is 39.7 Å². The fourth-order valence-electron chi connectivity index (χ4n) is 2.29. The van der Waals surface area contributed by atoms with Crippen molar-refractivity contribution in [3.8, 4) is 5.75 Å². The van der Waals surface area contributed by atoms with E-state index in [9.17, 15) is 0 Å². The summed E-state index contributed by atoms with van der Waals surface area (Å²) in [6.07, 6.45) is 0. The van der Waals surface area contributed by atoms with Crippen LogP contribution in [-0.2, 0) is 12.0 Å². The van der Waals surface area contributed by atoms with Gasteiger partial charge in [0.25, 0.3) is 0 Å². The molecule has 0 unspecified atom stereocenters. The minimum absolute atomic E-state index is 0. The van der Waals surface area contributed by atoms with Crippen molar-refractivity contribution in [1.82, 2.24) is 20.4 Å². The largest absolute Gasteiger partial charge is 0.491 e. The number of guanidine groups is 1. The van der Waals surface area contributed by atoms with E-state index < -0.39 is 0 Å². The Hall–Kier alpha value is -1.84. The van der Waals surface area contributed by atoms with Crippen LogP contribution in [0, 0.1) is 6.92 Å². The number of likely N-dealkylation sites (N-methyl/N-ethyl adjacent to an activating group) is 1. The van der Waals surface area contributed by atoms with Gasteiger partial charge in [-0.3, -0.25) is 4.99 Å². The minimum atomic E-state index is -0.156. The number of aliphatic imine (C=N–C) groups is 1. The molecule has 27 heavy (non-hydrogen) atoms. The van der Waals surface area contributed by atoms with Gasteiger partial charge in [-0.1, -0.05) is 44.1 Å². The first-order valence-electron chi connectivity index (χ1n) is 8.74. The Kier molecular flexibility index (Phi) is 9.01. The topological polar surface area (TPSA) is 75.8 Å². The second kappa shape index (κ2) is 10.5. The summed E-state index contributed by atoms with van der Waals surface area (Å²) < 4.78 is 11.1. The van der Waals surface area contributed by atoms with Gasteiger partial charge in [-0.15, -0.1) is 24.0 Å². The molecule has 0 saturated carbocycles. The molecule has 7 nitrogen and oxygen atoms in total. The van der Waals surface area contributed by atoms with Gasteiger partial charge in [-0.25, -0.2) is 0 Å². The Labute approximate surface area is 178 Å². The van der Waals surface area contributed by atoms with E-state index in [0.29, 0.717) is 31.4 Å². The summed E-state index contributed by atoms with van der Waals surface area (Å²) in [5.41, 5.74) is 0.973. The molecule has 1 aromatic carbocycles. The van der Waals surface area contributed by atoms with Crippen molar-refractivity contribution in [2.75, 3.05) is 27.2 Å². The SMILES string of the molecule is CN=C(NCc1noc(C(C)(C)C)n1)N(C)CCOc1ccccc1C.I. The van der Waals surface area contributed by atoms with E-state index in [1.165, 1.54) is 0 Å². The summed E-state index contributed by atoms with van der Waals surface area (Å²) in [5.74, 6) is 2.90. The van der Waals surface area contributed by atoms with Crippen molar-refractivity contribution >= 4 is 29.9 Å². The van der Waals surface area contributed by atoms with Gasteiger partial charge >= 0.3 is 0 Å². The number of nitrogens with one attached hydrogen (secondary N) is 1. The molecule has 0 bridgehead atoms. The molecule has 0 fully saturated rings. The summed E-state index contributed by atoms with van der Waals surface area (Å²) in [5, 5.41) is 7.26. The lowest BCUT2D eigenvalue weighted by molar-refractivity contribution is 0.279. The number of aromatic nitrogens is 2. The number of para-hydroxylation sites is 1. The quantitative estimate of drug-likeness (QED) is 0.383. The average molecular weight is 487 g/mol. The second-order valence-corrected chi connectivity index (χ2v) is 7.20. The molecule has 0 amide bonds. The molecular formula is C19H30IN5O2. The summed E-state index contributed by atoms with van der Waals surface area (Å²) in [7, 11) is 3.71. The van der Waals surface area contributed by atoms with Crippen molar-refractivity contribution < 1.29 is 9.26 Å². The second-order valence-electron chi connectivity index (χ2n) is 7.20. The zero-order valence-corrected chi connectivity index (χ0v) is 19.3. The van der Waals surface area contributed by atoms with E-state index in [1.807, 2.05) is 63.9 Å². The van der Waals surface area contributed by atoms with E-state index in [1.54, 1.807) is 7.05 Å². The van der Waals surface area contributed by atoms with Crippen LogP contribution >= 0.6 is 24.0 Å². The van der Waals surface area contributed by atoms with Gasteiger partial charge in [-0.05, 0) is 18.6 Å². The summed E-state index contributed by atoms with van der Waals surface area (Å²) in [6, 6.07) is 7.99. The number of aryl methyl sites for hydroxylation is 1. The fourth-order valence-corrected chi connectivity index (χ4v) is 2.29. The summed E-state index contributed by atoms with van der Waals surface area (Å²) in [6.45, 7) is 9.88. The highest BCUT2D eigenvalue weighted by Gasteiger charge is 2.21. The van der Waals surface area contributed by atoms with E-state index >= 15 is 0 Å². The predicted molar refractivity (Wildman–Crippen MR) is 118 cm³/mol. The average Bonchev–Trinajstić information content (AvgIpc) is 3.06. The molecule has 1 heterocycles. The Morgan fingerprint density at radius 3 is 2.59 bits per heavy atom. The van der Waals surface area contributed by atoms with Crippen molar-refractivity contribution in [3.63, 3.8) is 0 Å². The molecule has 8 heteroatoms. The van der Waals surface area contributed by atoms with Crippen LogP contribution < -0.4 is 10.1 Å². The smallest absolute Gasteiger partial charge is 0.232 e. The minimum Gasteiger partial charge on any atom is -0.491 e. The van der Waals surface area contributed by atoms with Gasteiger partial charge in [-0.2, -0.15) is 4.98 Å². The molecule has 150 valence electrons. The van der Waals surface area contributed by atoms with E-state index in [2.05, 4.69) is 20.4 Å². The summed E-state index contributed by atoms with van der Waals surface area (Å²) >= 11 is 0. The van der Waals surface area contributed by atoms with Gasteiger partial charge in [0, 0.05) is 19.5 Å². The van der Waals surface area contributed by atoms with Crippen LogP contribution in [0.4, 0.5) is 0 Å². The lowest BCUT2D eigenvalue weighted by Gasteiger charge is -2.21. The molecule has 1 aromatic heterocycles. The van der Waals surface area contributed by atoms with Crippen LogP contribution in [0.5, 0.6) is 5.75 Å². The van der Waals surface area contributed by atoms with Crippen LogP contribution in [0.25, 0.3) is 0 Å². The van der Waals surface area contributed by atoms with Crippen molar-refractivity contribution in [1.29, 1.82) is 0 Å². The van der Waals surface area contributed by atoms with Gasteiger partial charge in [0.15, 0.2) is 11.8 Å². The molecule has 0 aliphatic rings. The Bertz CT molecular complexity index is 740. The van der Waals surface area contributed by atoms with Crippen LogP contribution in [-0.4, -0.2) is 48.2 Å². The maximum atomic E-state index is 5.84. The fraction of sp³-hybridized carbons (Fsp3) is 0.526. The first-order chi connectivity index (χ1) is 12.3. The van der Waals surface area contributed by atoms with E-state index in [-0.39, 0.29) is 29.4 Å². The molecule has 0 aliphatic carbocycles. The van der Waals surface area contributed by atoms with Gasteiger partial charge < -0.3 is 19.5 Å². The van der Waals surface area contributed by atoms with E-state index in [4.69, 9.17) is 9.26 Å². The first-order valence-corrected chi connectivity index (χ1v) is 8.74. The zero-order valence-electron chi connectivity index (χ0n) is 16.9. The molecule has 2 aromatic rings. The monoisotopic (exact) mass is 487 g/mol. The first kappa shape index (κ1) is 23.2. The zero-order chi connectivity index (χ0) is 19.2. The normalized spacial score (nSPS) is 11.7. The molecule has 0 atom stereocenters. The number of benzene rings is 1. The van der Waals surface area contributed by atoms with Crippen molar-refractivity contribution in [3.05, 3.63) is 41.5 Å². The molecule has 0 spiro atoms. The third kappa shape index (κ3) is 7.00. The van der Waals surface area contributed by atoms with Crippen molar-refractivity contribution in [2.24, 2.45) is 4.99 Å². The van der Waals surface area contributed by atoms with Crippen LogP contribution in [0.2, 0.25) is 0 Å². The Morgan fingerprint density at radius 2 is 2.00 bits per heavy atom. The van der Waals surface area contributed by atoms with Gasteiger partial charge in [0.05, 0.1) is 13.1 Å². The maximum Gasteiger partial charge on any atom is 0.232 e. The maximum absolute atomic E-state index is 5.84. The Morgan fingerprint density at radius 1 is 1.30 bits per heavy atom. The van der Waals surface area contributed by atoms with E-state index in [0.717, 1.165) is 17.3 Å². The highest BCUT2D eigenvalue weighted by molar-refractivity contribution is 14.0. The molecule has 0 aliphatic heterocycles. The molecule has 0 saturated heterocycles. The standard InChI is InChI=1S/C19H29N5O2.HI/c1-14-9-7-8-10-15(14)25-12-11-24(6)18(20-5)21-13-16-22-17(26-23-16)19(2,3)4;/h7-10H,11-13H2,1-6H3,(H,20,21);1H. The lowest BCUT2D eigenvalue weighted by Crippen LogP contribution is -2.40. The number of ether oxygens (including phenoxy) is 1. The molecular weight excluding hydrogens is 457 g/mol. The summed E-state index contributed by atoms with van der Waals surface area (Å²) in [4.78, 5) is 10.7. The number of nitrogens with zero attached hydrogens (tertiary/aromatic N) is 4. The highest BCUT2D eigenvalue weighted by Crippen LogP contribution is 2.19. The third-order valence-electron chi connectivity index (χ3n) is 3.87. The highest BCUT2D eigenvalue weighted by atomic mass is 127. The molecule has 2 rings (SSSR count). The number of hydrogen-bond donors (Lipinski definition) is 1. The van der Waals surface area contributed by atoms with Crippen LogP contribution in [0.3, 0.4) is 0 Å². The van der Waals surface area contributed by atoms with Gasteiger partial charge in [0.1, 0.15) is 12.4 Å². The Balaban J connectivity index is 0.00000364. The van der Waals surface area contributed by atoms with Crippen LogP contribution in [0.15, 0.2) is 33.8 Å².